The molecule has 12 heteroatoms. The fourth-order valence-electron chi connectivity index (χ4n) is 1.59. The summed E-state index contributed by atoms with van der Waals surface area (Å²) in [5.41, 5.74) is -1.30. The topological polar surface area (TPSA) is 155 Å². The maximum Gasteiger partial charge on any atom is 0.511 e. The van der Waals surface area contributed by atoms with Crippen molar-refractivity contribution in [3.63, 3.8) is 0 Å². The fraction of sp³-hybridized carbons (Fsp3) is 0.800. The lowest BCUT2D eigenvalue weighted by atomic mass is 9.88. The molecular formula is C15H27NO10S. The highest BCUT2D eigenvalue weighted by atomic mass is 32.2. The van der Waals surface area contributed by atoms with E-state index < -0.39 is 47.2 Å². The quantitative estimate of drug-likeness (QED) is 0.192. The average molecular weight is 413 g/mol. The molecule has 0 aliphatic heterocycles. The smallest absolute Gasteiger partial charge is 0.435 e. The molecule has 0 radical (unpaired) electrons. The monoisotopic (exact) mass is 413 g/mol. The number of carbonyl (C=O) groups excluding carboxylic acids is 3. The molecule has 0 fully saturated rings. The molecule has 0 saturated carbocycles. The molecule has 0 saturated heterocycles. The molecule has 0 aliphatic rings. The molecule has 0 aliphatic carbocycles. The third kappa shape index (κ3) is 11.4. The molecule has 0 rings (SSSR count). The molecule has 1 amide bonds. The third-order valence-corrected chi connectivity index (χ3v) is 4.42. The summed E-state index contributed by atoms with van der Waals surface area (Å²) >= 11 is 0. The Balaban J connectivity index is 4.39. The summed E-state index contributed by atoms with van der Waals surface area (Å²) in [5.74, 6) is -1.73. The lowest BCUT2D eigenvalue weighted by Gasteiger charge is -2.28. The van der Waals surface area contributed by atoms with Crippen molar-refractivity contribution in [2.45, 2.75) is 40.2 Å². The van der Waals surface area contributed by atoms with Crippen molar-refractivity contribution in [3.8, 4) is 0 Å². The Morgan fingerprint density at radius 1 is 1.15 bits per heavy atom. The number of hydrogen-bond donors (Lipinski definition) is 2. The summed E-state index contributed by atoms with van der Waals surface area (Å²) in [6.45, 7) is 4.70. The van der Waals surface area contributed by atoms with Gasteiger partial charge in [-0.1, -0.05) is 13.8 Å². The van der Waals surface area contributed by atoms with E-state index in [1.165, 1.54) is 20.8 Å². The van der Waals surface area contributed by atoms with Crippen LogP contribution in [0.4, 0.5) is 4.79 Å². The molecule has 0 bridgehead atoms. The molecule has 0 unspecified atom stereocenters. The van der Waals surface area contributed by atoms with Crippen molar-refractivity contribution in [1.82, 2.24) is 5.32 Å². The average Bonchev–Trinajstić information content (AvgIpc) is 2.56. The van der Waals surface area contributed by atoms with Crippen LogP contribution in [0.5, 0.6) is 0 Å². The summed E-state index contributed by atoms with van der Waals surface area (Å²) in [7, 11) is -3.91. The lowest BCUT2D eigenvalue weighted by molar-refractivity contribution is -0.170. The molecule has 158 valence electrons. The number of aliphatic hydroxyl groups excluding tert-OH is 1. The van der Waals surface area contributed by atoms with Gasteiger partial charge in [-0.05, 0) is 13.3 Å². The van der Waals surface area contributed by atoms with E-state index in [4.69, 9.17) is 4.18 Å². The van der Waals surface area contributed by atoms with Crippen molar-refractivity contribution in [1.29, 1.82) is 0 Å². The van der Waals surface area contributed by atoms with Crippen LogP contribution in [0.3, 0.4) is 0 Å². The Hall–Kier alpha value is -1.92. The number of amides is 1. The lowest BCUT2D eigenvalue weighted by Crippen LogP contribution is -2.42. The number of hydrogen-bond acceptors (Lipinski definition) is 10. The van der Waals surface area contributed by atoms with Gasteiger partial charge in [-0.2, -0.15) is 8.42 Å². The van der Waals surface area contributed by atoms with Gasteiger partial charge in [0.15, 0.2) is 6.10 Å². The van der Waals surface area contributed by atoms with Crippen LogP contribution >= 0.6 is 0 Å². The Kier molecular flexibility index (Phi) is 10.9. The van der Waals surface area contributed by atoms with Gasteiger partial charge in [-0.3, -0.25) is 8.98 Å². The largest absolute Gasteiger partial charge is 0.511 e. The number of nitrogens with one attached hydrogen (secondary N) is 1. The standard InChI is InChI=1S/C15H27NO10S/c1-5-23-14(20)25-10-24-13(19)12(18)15(3,4)9-26-27(21,22)8-6-7-16-11(2)17/h12,18H,5-10H2,1-4H3,(H,16,17)/t12-/m0/s1. The first kappa shape index (κ1) is 25.1. The zero-order chi connectivity index (χ0) is 21.1. The Morgan fingerprint density at radius 3 is 2.33 bits per heavy atom. The van der Waals surface area contributed by atoms with Crippen molar-refractivity contribution < 1.29 is 46.3 Å². The van der Waals surface area contributed by atoms with E-state index in [2.05, 4.69) is 19.5 Å². The van der Waals surface area contributed by atoms with Gasteiger partial charge >= 0.3 is 12.1 Å². The van der Waals surface area contributed by atoms with E-state index >= 15 is 0 Å². The number of ether oxygens (including phenoxy) is 3. The van der Waals surface area contributed by atoms with E-state index in [1.807, 2.05) is 0 Å². The second-order valence-corrected chi connectivity index (χ2v) is 7.92. The maximum absolute atomic E-state index is 11.8. The predicted molar refractivity (Wildman–Crippen MR) is 91.9 cm³/mol. The molecule has 0 aromatic carbocycles. The normalized spacial score (nSPS) is 12.8. The van der Waals surface area contributed by atoms with Crippen LogP contribution in [-0.4, -0.2) is 70.0 Å². The van der Waals surface area contributed by atoms with Crippen molar-refractivity contribution in [2.75, 3.05) is 32.3 Å². The van der Waals surface area contributed by atoms with Crippen LogP contribution in [0.2, 0.25) is 0 Å². The van der Waals surface area contributed by atoms with Crippen LogP contribution in [0, 0.1) is 5.41 Å². The van der Waals surface area contributed by atoms with Gasteiger partial charge in [-0.15, -0.1) is 0 Å². The molecular weight excluding hydrogens is 386 g/mol. The van der Waals surface area contributed by atoms with E-state index in [0.29, 0.717) is 0 Å². The highest BCUT2D eigenvalue weighted by Gasteiger charge is 2.36. The van der Waals surface area contributed by atoms with Gasteiger partial charge in [-0.25, -0.2) is 9.59 Å². The number of rotatable bonds is 12. The minimum absolute atomic E-state index is 0.0824. The van der Waals surface area contributed by atoms with Gasteiger partial charge in [0.25, 0.3) is 10.1 Å². The highest BCUT2D eigenvalue weighted by molar-refractivity contribution is 7.86. The predicted octanol–water partition coefficient (Wildman–Crippen LogP) is -0.0801. The molecule has 2 N–H and O–H groups in total. The first-order valence-corrected chi connectivity index (χ1v) is 9.75. The first-order chi connectivity index (χ1) is 12.4. The zero-order valence-electron chi connectivity index (χ0n) is 15.8. The van der Waals surface area contributed by atoms with Gasteiger partial charge in [0.05, 0.1) is 19.0 Å². The molecule has 11 nitrogen and oxygen atoms in total. The molecule has 0 aromatic rings. The van der Waals surface area contributed by atoms with Crippen molar-refractivity contribution in [2.24, 2.45) is 5.41 Å². The van der Waals surface area contributed by atoms with Crippen LogP contribution in [0.15, 0.2) is 0 Å². The Bertz CT molecular complexity index is 602. The molecule has 1 atom stereocenters. The van der Waals surface area contributed by atoms with Crippen LogP contribution < -0.4 is 5.32 Å². The fourth-order valence-corrected chi connectivity index (χ4v) is 2.69. The molecule has 0 heterocycles. The maximum atomic E-state index is 11.8. The minimum atomic E-state index is -3.91. The third-order valence-electron chi connectivity index (χ3n) is 3.16. The van der Waals surface area contributed by atoms with Crippen LogP contribution in [-0.2, 0) is 38.1 Å². The summed E-state index contributed by atoms with van der Waals surface area (Å²) in [6.07, 6.45) is -2.61. The zero-order valence-corrected chi connectivity index (χ0v) is 16.7. The second kappa shape index (κ2) is 11.7. The molecule has 27 heavy (non-hydrogen) atoms. The first-order valence-electron chi connectivity index (χ1n) is 8.17. The summed E-state index contributed by atoms with van der Waals surface area (Å²) < 4.78 is 41.9. The van der Waals surface area contributed by atoms with Gasteiger partial charge < -0.3 is 24.6 Å². The Morgan fingerprint density at radius 2 is 1.78 bits per heavy atom. The van der Waals surface area contributed by atoms with Crippen molar-refractivity contribution in [3.05, 3.63) is 0 Å². The number of carbonyl (C=O) groups is 3. The van der Waals surface area contributed by atoms with Gasteiger partial charge in [0.1, 0.15) is 0 Å². The second-order valence-electron chi connectivity index (χ2n) is 6.16. The van der Waals surface area contributed by atoms with E-state index in [0.717, 1.165) is 0 Å². The Labute approximate surface area is 158 Å². The van der Waals surface area contributed by atoms with Crippen molar-refractivity contribution >= 4 is 28.1 Å². The summed E-state index contributed by atoms with van der Waals surface area (Å²) in [4.78, 5) is 33.4. The molecule has 0 spiro atoms. The number of aliphatic hydroxyl groups is 1. The number of esters is 1. The highest BCUT2D eigenvalue weighted by Crippen LogP contribution is 2.23. The minimum Gasteiger partial charge on any atom is -0.435 e. The van der Waals surface area contributed by atoms with E-state index in [-0.39, 0.29) is 31.2 Å². The van der Waals surface area contributed by atoms with E-state index in [9.17, 15) is 27.9 Å². The SMILES string of the molecule is CCOC(=O)OCOC(=O)[C@H](O)C(C)(C)COS(=O)(=O)CCCNC(C)=O. The van der Waals surface area contributed by atoms with Crippen LogP contribution in [0.1, 0.15) is 34.1 Å². The summed E-state index contributed by atoms with van der Waals surface area (Å²) in [6, 6.07) is 0. The van der Waals surface area contributed by atoms with Gasteiger partial charge in [0.2, 0.25) is 12.7 Å². The van der Waals surface area contributed by atoms with Gasteiger partial charge in [0, 0.05) is 18.9 Å². The van der Waals surface area contributed by atoms with Crippen LogP contribution in [0.25, 0.3) is 0 Å². The molecule has 0 aromatic heterocycles. The van der Waals surface area contributed by atoms with E-state index in [1.54, 1.807) is 6.92 Å². The summed E-state index contributed by atoms with van der Waals surface area (Å²) in [5, 5.41) is 12.5.